The summed E-state index contributed by atoms with van der Waals surface area (Å²) in [6, 6.07) is 7.81. The Morgan fingerprint density at radius 1 is 1.25 bits per heavy atom. The molecule has 7 heteroatoms. The number of benzene rings is 1. The first-order chi connectivity index (χ1) is 11.4. The lowest BCUT2D eigenvalue weighted by molar-refractivity contribution is 0.566. The van der Waals surface area contributed by atoms with Crippen molar-refractivity contribution in [3.63, 3.8) is 0 Å². The lowest BCUT2D eigenvalue weighted by atomic mass is 10.0. The van der Waals surface area contributed by atoms with Gasteiger partial charge in [-0.25, -0.2) is 13.1 Å². The number of unbranched alkanes of at least 4 members (excludes halogenated alkanes) is 1. The van der Waals surface area contributed by atoms with E-state index in [0.29, 0.717) is 19.5 Å². The number of nitrogens with one attached hydrogen (secondary N) is 1. The number of azide groups is 1. The Hall–Kier alpha value is -2.00. The molecular weight excluding hydrogens is 324 g/mol. The Kier molecular flexibility index (Phi) is 8.34. The first kappa shape index (κ1) is 20.0. The summed E-state index contributed by atoms with van der Waals surface area (Å²) in [5.41, 5.74) is 10.1. The van der Waals surface area contributed by atoms with E-state index in [4.69, 9.17) is 5.53 Å². The van der Waals surface area contributed by atoms with Crippen LogP contribution < -0.4 is 4.72 Å². The highest BCUT2D eigenvalue weighted by Crippen LogP contribution is 2.15. The van der Waals surface area contributed by atoms with Crippen LogP contribution >= 0.6 is 0 Å². The van der Waals surface area contributed by atoms with Gasteiger partial charge in [0, 0.05) is 30.0 Å². The molecule has 130 valence electrons. The van der Waals surface area contributed by atoms with Gasteiger partial charge in [-0.15, -0.1) is 0 Å². The van der Waals surface area contributed by atoms with Crippen LogP contribution in [0.5, 0.6) is 0 Å². The van der Waals surface area contributed by atoms with Crippen molar-refractivity contribution in [2.75, 3.05) is 13.1 Å². The predicted octanol–water partition coefficient (Wildman–Crippen LogP) is 3.56. The molecule has 0 aliphatic rings. The standard InChI is InChI=1S/C17H24N4O2S/c1-14(2)24(22,23)20-13-15(3)17-10-8-16(9-11-17)7-5-4-6-12-19-21-18/h8-11,14-15,20H,4,6,12-13H2,1-3H3. The first-order valence-corrected chi connectivity index (χ1v) is 9.49. The molecule has 0 radical (unpaired) electrons. The molecule has 0 aliphatic carbocycles. The molecule has 0 spiro atoms. The van der Waals surface area contributed by atoms with Crippen LogP contribution in [0.15, 0.2) is 29.4 Å². The zero-order valence-electron chi connectivity index (χ0n) is 14.4. The molecule has 24 heavy (non-hydrogen) atoms. The van der Waals surface area contributed by atoms with Crippen LogP contribution in [0.4, 0.5) is 0 Å². The van der Waals surface area contributed by atoms with Gasteiger partial charge in [-0.05, 0) is 49.4 Å². The van der Waals surface area contributed by atoms with Crippen LogP contribution in [0.25, 0.3) is 10.4 Å². The minimum Gasteiger partial charge on any atom is -0.214 e. The summed E-state index contributed by atoms with van der Waals surface area (Å²) in [4.78, 5) is 2.69. The van der Waals surface area contributed by atoms with E-state index in [9.17, 15) is 8.42 Å². The zero-order valence-corrected chi connectivity index (χ0v) is 15.2. The van der Waals surface area contributed by atoms with Gasteiger partial charge in [-0.3, -0.25) is 0 Å². The number of nitrogens with zero attached hydrogens (tertiary/aromatic N) is 3. The molecular formula is C17H24N4O2S. The largest absolute Gasteiger partial charge is 0.214 e. The highest BCUT2D eigenvalue weighted by Gasteiger charge is 2.16. The maximum absolute atomic E-state index is 11.8. The third kappa shape index (κ3) is 7.05. The molecule has 0 amide bonds. The smallest absolute Gasteiger partial charge is 0.213 e. The molecule has 1 aromatic carbocycles. The summed E-state index contributed by atoms with van der Waals surface area (Å²) < 4.78 is 26.2. The van der Waals surface area contributed by atoms with Crippen molar-refractivity contribution in [3.8, 4) is 11.8 Å². The van der Waals surface area contributed by atoms with Gasteiger partial charge in [-0.1, -0.05) is 36.0 Å². The maximum atomic E-state index is 11.8. The molecule has 0 aliphatic heterocycles. The molecule has 1 rings (SSSR count). The third-order valence-electron chi connectivity index (χ3n) is 3.55. The number of hydrogen-bond donors (Lipinski definition) is 1. The summed E-state index contributed by atoms with van der Waals surface area (Å²) >= 11 is 0. The molecule has 0 bridgehead atoms. The molecule has 0 fully saturated rings. The van der Waals surface area contributed by atoms with Gasteiger partial charge >= 0.3 is 0 Å². The van der Waals surface area contributed by atoms with Crippen molar-refractivity contribution in [2.45, 2.75) is 44.8 Å². The van der Waals surface area contributed by atoms with Gasteiger partial charge in [-0.2, -0.15) is 0 Å². The number of rotatable bonds is 8. The number of sulfonamides is 1. The van der Waals surface area contributed by atoms with Crippen molar-refractivity contribution in [1.29, 1.82) is 0 Å². The van der Waals surface area contributed by atoms with Crippen LogP contribution in [-0.2, 0) is 10.0 Å². The summed E-state index contributed by atoms with van der Waals surface area (Å²) in [6.45, 7) is 6.15. The summed E-state index contributed by atoms with van der Waals surface area (Å²) in [6.07, 6.45) is 1.44. The van der Waals surface area contributed by atoms with Crippen LogP contribution in [0.1, 0.15) is 50.7 Å². The number of hydrogen-bond acceptors (Lipinski definition) is 3. The fraction of sp³-hybridized carbons (Fsp3) is 0.529. The second-order valence-electron chi connectivity index (χ2n) is 5.83. The maximum Gasteiger partial charge on any atom is 0.213 e. The Bertz CT molecular complexity index is 724. The second-order valence-corrected chi connectivity index (χ2v) is 8.15. The van der Waals surface area contributed by atoms with E-state index in [1.54, 1.807) is 13.8 Å². The van der Waals surface area contributed by atoms with E-state index in [1.807, 2.05) is 31.2 Å². The Morgan fingerprint density at radius 2 is 1.92 bits per heavy atom. The monoisotopic (exact) mass is 348 g/mol. The minimum atomic E-state index is -3.23. The van der Waals surface area contributed by atoms with Gasteiger partial charge in [0.15, 0.2) is 0 Å². The lowest BCUT2D eigenvalue weighted by Gasteiger charge is -2.15. The molecule has 0 heterocycles. The van der Waals surface area contributed by atoms with E-state index in [-0.39, 0.29) is 5.92 Å². The SMILES string of the molecule is CC(CNS(=O)(=O)C(C)C)c1ccc(C#CCCCN=[N+]=[N-])cc1. The van der Waals surface area contributed by atoms with Crippen molar-refractivity contribution in [1.82, 2.24) is 4.72 Å². The van der Waals surface area contributed by atoms with Gasteiger partial charge < -0.3 is 0 Å². The van der Waals surface area contributed by atoms with Crippen molar-refractivity contribution in [3.05, 3.63) is 45.8 Å². The molecule has 6 nitrogen and oxygen atoms in total. The van der Waals surface area contributed by atoms with Gasteiger partial charge in [0.25, 0.3) is 0 Å². The van der Waals surface area contributed by atoms with Crippen LogP contribution in [0.2, 0.25) is 0 Å². The summed E-state index contributed by atoms with van der Waals surface area (Å²) in [7, 11) is -3.23. The average molecular weight is 348 g/mol. The van der Waals surface area contributed by atoms with Gasteiger partial charge in [0.05, 0.1) is 5.25 Å². The summed E-state index contributed by atoms with van der Waals surface area (Å²) in [5, 5.41) is 3.03. The average Bonchev–Trinajstić information content (AvgIpc) is 2.56. The van der Waals surface area contributed by atoms with Crippen molar-refractivity contribution >= 4 is 10.0 Å². The van der Waals surface area contributed by atoms with Crippen LogP contribution in [0.3, 0.4) is 0 Å². The Balaban J connectivity index is 2.54. The molecule has 1 N–H and O–H groups in total. The van der Waals surface area contributed by atoms with E-state index >= 15 is 0 Å². The molecule has 0 saturated heterocycles. The summed E-state index contributed by atoms with van der Waals surface area (Å²) in [5.74, 6) is 6.19. The Labute approximate surface area is 144 Å². The van der Waals surface area contributed by atoms with Crippen molar-refractivity contribution in [2.24, 2.45) is 5.11 Å². The van der Waals surface area contributed by atoms with E-state index in [2.05, 4.69) is 26.6 Å². The quantitative estimate of drug-likeness (QED) is 0.256. The predicted molar refractivity (Wildman–Crippen MR) is 97.0 cm³/mol. The van der Waals surface area contributed by atoms with E-state index in [1.165, 1.54) is 0 Å². The first-order valence-electron chi connectivity index (χ1n) is 7.95. The lowest BCUT2D eigenvalue weighted by Crippen LogP contribution is -2.33. The molecule has 0 saturated carbocycles. The van der Waals surface area contributed by atoms with Gasteiger partial charge in [0.2, 0.25) is 10.0 Å². The highest BCUT2D eigenvalue weighted by molar-refractivity contribution is 7.90. The minimum absolute atomic E-state index is 0.0874. The molecule has 1 aromatic rings. The highest BCUT2D eigenvalue weighted by atomic mass is 32.2. The van der Waals surface area contributed by atoms with E-state index < -0.39 is 15.3 Å². The molecule has 0 aromatic heterocycles. The Morgan fingerprint density at radius 3 is 2.50 bits per heavy atom. The van der Waals surface area contributed by atoms with Crippen LogP contribution in [-0.4, -0.2) is 26.8 Å². The second kappa shape index (κ2) is 9.99. The van der Waals surface area contributed by atoms with Gasteiger partial charge in [0.1, 0.15) is 0 Å². The normalized spacial score (nSPS) is 12.2. The topological polar surface area (TPSA) is 94.9 Å². The van der Waals surface area contributed by atoms with E-state index in [0.717, 1.165) is 17.5 Å². The fourth-order valence-electron chi connectivity index (χ4n) is 1.87. The van der Waals surface area contributed by atoms with Crippen molar-refractivity contribution < 1.29 is 8.42 Å². The third-order valence-corrected chi connectivity index (χ3v) is 5.36. The molecule has 1 unspecified atom stereocenters. The molecule has 1 atom stereocenters. The fourth-order valence-corrected chi connectivity index (χ4v) is 2.68. The van der Waals surface area contributed by atoms with Crippen LogP contribution in [0, 0.1) is 11.8 Å². The zero-order chi connectivity index (χ0) is 18.0.